The maximum atomic E-state index is 13.9. The quantitative estimate of drug-likeness (QED) is 0.270. The minimum atomic E-state index is -0.690. The van der Waals surface area contributed by atoms with Gasteiger partial charge in [0.1, 0.15) is 11.7 Å². The molecule has 0 aliphatic carbocycles. The van der Waals surface area contributed by atoms with Crippen molar-refractivity contribution in [3.63, 3.8) is 0 Å². The first-order valence-corrected chi connectivity index (χ1v) is 13.2. The standard InChI is InChI=1S/C33H31FN4O2/c1-38(2)21-23-11-14-27(15-12-23)36-31(30-28-16-13-26(34)20-29(28)37-33(30)40)25-10-6-7-22(19-25)17-18-35-32(39)24-8-4-3-5-9-24/h3-16,19-20,30H,17-18,21H2,1-2H3,(H,35,39)(H,37,40). The summed E-state index contributed by atoms with van der Waals surface area (Å²) in [7, 11) is 4.03. The van der Waals surface area contributed by atoms with Gasteiger partial charge in [-0.25, -0.2) is 4.39 Å². The van der Waals surface area contributed by atoms with Crippen LogP contribution in [0.4, 0.5) is 15.8 Å². The summed E-state index contributed by atoms with van der Waals surface area (Å²) in [5, 5.41) is 5.78. The summed E-state index contributed by atoms with van der Waals surface area (Å²) in [5.74, 6) is -1.47. The van der Waals surface area contributed by atoms with E-state index in [0.29, 0.717) is 35.5 Å². The molecule has 0 bridgehead atoms. The molecule has 40 heavy (non-hydrogen) atoms. The third kappa shape index (κ3) is 6.33. The van der Waals surface area contributed by atoms with Crippen LogP contribution in [0.15, 0.2) is 102 Å². The van der Waals surface area contributed by atoms with Crippen LogP contribution in [0.2, 0.25) is 0 Å². The fourth-order valence-electron chi connectivity index (χ4n) is 4.88. The Hall–Kier alpha value is -4.62. The van der Waals surface area contributed by atoms with E-state index in [1.54, 1.807) is 18.2 Å². The molecular formula is C33H31FN4O2. The second-order valence-electron chi connectivity index (χ2n) is 10.1. The van der Waals surface area contributed by atoms with Crippen molar-refractivity contribution in [2.24, 2.45) is 4.99 Å². The lowest BCUT2D eigenvalue weighted by molar-refractivity contribution is -0.115. The Morgan fingerprint density at radius 2 is 1.65 bits per heavy atom. The van der Waals surface area contributed by atoms with Gasteiger partial charge in [0.05, 0.1) is 11.4 Å². The maximum absolute atomic E-state index is 13.9. The van der Waals surface area contributed by atoms with Gasteiger partial charge in [0.2, 0.25) is 5.91 Å². The van der Waals surface area contributed by atoms with E-state index >= 15 is 0 Å². The van der Waals surface area contributed by atoms with E-state index in [1.807, 2.05) is 80.8 Å². The molecule has 4 aromatic carbocycles. The number of rotatable bonds is 9. The minimum absolute atomic E-state index is 0.122. The van der Waals surface area contributed by atoms with E-state index in [4.69, 9.17) is 4.99 Å². The predicted octanol–water partition coefficient (Wildman–Crippen LogP) is 5.72. The van der Waals surface area contributed by atoms with E-state index in [9.17, 15) is 14.0 Å². The van der Waals surface area contributed by atoms with Crippen molar-refractivity contribution in [2.75, 3.05) is 26.0 Å². The normalized spacial score (nSPS) is 14.7. The summed E-state index contributed by atoms with van der Waals surface area (Å²) in [6.45, 7) is 1.27. The molecule has 0 fully saturated rings. The number of hydrogen-bond acceptors (Lipinski definition) is 4. The Bertz CT molecular complexity index is 1550. The van der Waals surface area contributed by atoms with Gasteiger partial charge < -0.3 is 15.5 Å². The molecule has 0 spiro atoms. The van der Waals surface area contributed by atoms with Gasteiger partial charge in [-0.1, -0.05) is 54.6 Å². The molecule has 0 radical (unpaired) electrons. The highest BCUT2D eigenvalue weighted by Gasteiger charge is 2.35. The summed E-state index contributed by atoms with van der Waals surface area (Å²) >= 11 is 0. The maximum Gasteiger partial charge on any atom is 0.251 e. The van der Waals surface area contributed by atoms with E-state index in [-0.39, 0.29) is 11.8 Å². The van der Waals surface area contributed by atoms with Crippen molar-refractivity contribution in [2.45, 2.75) is 18.9 Å². The number of fused-ring (bicyclic) bond motifs is 1. The molecule has 0 aromatic heterocycles. The van der Waals surface area contributed by atoms with Crippen molar-refractivity contribution in [3.05, 3.63) is 131 Å². The zero-order valence-corrected chi connectivity index (χ0v) is 22.5. The Morgan fingerprint density at radius 3 is 2.40 bits per heavy atom. The Morgan fingerprint density at radius 1 is 0.900 bits per heavy atom. The third-order valence-corrected chi connectivity index (χ3v) is 6.76. The van der Waals surface area contributed by atoms with E-state index in [1.165, 1.54) is 12.1 Å². The largest absolute Gasteiger partial charge is 0.352 e. The lowest BCUT2D eigenvalue weighted by atomic mass is 9.89. The van der Waals surface area contributed by atoms with Crippen LogP contribution >= 0.6 is 0 Å². The molecule has 4 aromatic rings. The van der Waals surface area contributed by atoms with Crippen LogP contribution in [0, 0.1) is 5.82 Å². The number of anilines is 1. The van der Waals surface area contributed by atoms with Crippen LogP contribution in [0.1, 0.15) is 38.5 Å². The highest BCUT2D eigenvalue weighted by molar-refractivity contribution is 6.24. The first-order chi connectivity index (χ1) is 19.4. The second kappa shape index (κ2) is 12.1. The van der Waals surface area contributed by atoms with Gasteiger partial charge >= 0.3 is 0 Å². The molecule has 1 heterocycles. The van der Waals surface area contributed by atoms with Gasteiger partial charge in [-0.05, 0) is 85.2 Å². The number of halogens is 1. The molecule has 0 saturated carbocycles. The molecule has 202 valence electrons. The lowest BCUT2D eigenvalue weighted by Gasteiger charge is -2.15. The summed E-state index contributed by atoms with van der Waals surface area (Å²) in [6, 6.07) is 29.3. The summed E-state index contributed by atoms with van der Waals surface area (Å²) in [5.41, 5.74) is 6.02. The number of nitrogens with one attached hydrogen (secondary N) is 2. The molecular weight excluding hydrogens is 503 g/mol. The van der Waals surface area contributed by atoms with Crippen LogP contribution in [0.3, 0.4) is 0 Å². The summed E-state index contributed by atoms with van der Waals surface area (Å²) < 4.78 is 13.9. The van der Waals surface area contributed by atoms with E-state index < -0.39 is 11.7 Å². The van der Waals surface area contributed by atoms with Crippen LogP contribution in [-0.2, 0) is 17.8 Å². The van der Waals surface area contributed by atoms with Crippen LogP contribution in [-0.4, -0.2) is 43.1 Å². The fraction of sp³-hybridized carbons (Fsp3) is 0.182. The third-order valence-electron chi connectivity index (χ3n) is 6.76. The Kier molecular flexibility index (Phi) is 8.12. The molecule has 1 aliphatic heterocycles. The van der Waals surface area contributed by atoms with Crippen LogP contribution in [0.5, 0.6) is 0 Å². The number of hydrogen-bond donors (Lipinski definition) is 2. The number of amides is 2. The Labute approximate surface area is 233 Å². The highest BCUT2D eigenvalue weighted by Crippen LogP contribution is 2.37. The van der Waals surface area contributed by atoms with Crippen molar-refractivity contribution >= 4 is 28.9 Å². The topological polar surface area (TPSA) is 73.8 Å². The summed E-state index contributed by atoms with van der Waals surface area (Å²) in [6.07, 6.45) is 0.609. The van der Waals surface area contributed by atoms with Gasteiger partial charge in [-0.3, -0.25) is 14.6 Å². The van der Waals surface area contributed by atoms with Crippen LogP contribution < -0.4 is 10.6 Å². The number of benzene rings is 4. The molecule has 0 saturated heterocycles. The van der Waals surface area contributed by atoms with Gasteiger partial charge in [0.15, 0.2) is 0 Å². The first kappa shape index (κ1) is 27.0. The summed E-state index contributed by atoms with van der Waals surface area (Å²) in [4.78, 5) is 32.7. The first-order valence-electron chi connectivity index (χ1n) is 13.2. The molecule has 1 aliphatic rings. The SMILES string of the molecule is CN(C)Cc1ccc(N=C(c2cccc(CCNC(=O)c3ccccc3)c2)C2C(=O)Nc3cc(F)ccc32)cc1. The molecule has 5 rings (SSSR count). The fourth-order valence-corrected chi connectivity index (χ4v) is 4.88. The lowest BCUT2D eigenvalue weighted by Crippen LogP contribution is -2.25. The van der Waals surface area contributed by atoms with Gasteiger partial charge in [-0.15, -0.1) is 0 Å². The van der Waals surface area contributed by atoms with E-state index in [2.05, 4.69) is 15.5 Å². The zero-order chi connectivity index (χ0) is 28.1. The second-order valence-corrected chi connectivity index (χ2v) is 10.1. The van der Waals surface area contributed by atoms with Gasteiger partial charge in [0.25, 0.3) is 5.91 Å². The molecule has 6 nitrogen and oxygen atoms in total. The average Bonchev–Trinajstić information content (AvgIpc) is 3.27. The van der Waals surface area contributed by atoms with Crippen molar-refractivity contribution in [3.8, 4) is 0 Å². The number of carbonyl (C=O) groups excluding carboxylic acids is 2. The molecule has 2 amide bonds. The van der Waals surface area contributed by atoms with Crippen LogP contribution in [0.25, 0.3) is 0 Å². The monoisotopic (exact) mass is 534 g/mol. The minimum Gasteiger partial charge on any atom is -0.352 e. The molecule has 2 N–H and O–H groups in total. The smallest absolute Gasteiger partial charge is 0.251 e. The highest BCUT2D eigenvalue weighted by atomic mass is 19.1. The predicted molar refractivity (Wildman–Crippen MR) is 157 cm³/mol. The average molecular weight is 535 g/mol. The van der Waals surface area contributed by atoms with Crippen molar-refractivity contribution < 1.29 is 14.0 Å². The van der Waals surface area contributed by atoms with Crippen molar-refractivity contribution in [1.82, 2.24) is 10.2 Å². The number of nitrogens with zero attached hydrogens (tertiary/aromatic N) is 2. The Balaban J connectivity index is 1.44. The molecule has 1 atom stereocenters. The van der Waals surface area contributed by atoms with Crippen molar-refractivity contribution in [1.29, 1.82) is 0 Å². The van der Waals surface area contributed by atoms with Gasteiger partial charge in [-0.2, -0.15) is 0 Å². The van der Waals surface area contributed by atoms with E-state index in [0.717, 1.165) is 28.9 Å². The molecule has 1 unspecified atom stereocenters. The molecule has 7 heteroatoms. The number of aliphatic imine (C=N–C) groups is 1. The number of carbonyl (C=O) groups is 2. The van der Waals surface area contributed by atoms with Gasteiger partial charge in [0, 0.05) is 24.3 Å². The zero-order valence-electron chi connectivity index (χ0n) is 22.5.